The van der Waals surface area contributed by atoms with E-state index in [1.807, 2.05) is 91.0 Å². The van der Waals surface area contributed by atoms with Gasteiger partial charge in [0.25, 0.3) is 0 Å². The third-order valence-electron chi connectivity index (χ3n) is 5.48. The molecule has 0 unspecified atom stereocenters. The van der Waals surface area contributed by atoms with Gasteiger partial charge in [0, 0.05) is 0 Å². The summed E-state index contributed by atoms with van der Waals surface area (Å²) >= 11 is 0. The predicted molar refractivity (Wildman–Crippen MR) is 126 cm³/mol. The zero-order chi connectivity index (χ0) is 23.6. The summed E-state index contributed by atoms with van der Waals surface area (Å²) in [5.41, 5.74) is 2.72. The normalized spacial score (nSPS) is 19.8. The zero-order valence-corrected chi connectivity index (χ0v) is 18.7. The number of nitro groups is 1. The van der Waals surface area contributed by atoms with E-state index in [4.69, 9.17) is 18.9 Å². The first-order valence-electron chi connectivity index (χ1n) is 11.1. The lowest BCUT2D eigenvalue weighted by Gasteiger charge is -2.34. The minimum atomic E-state index is -0.919. The molecular weight excluding hydrogens is 434 g/mol. The molecule has 0 aromatic heterocycles. The summed E-state index contributed by atoms with van der Waals surface area (Å²) in [5, 5.41) is 11.8. The first-order valence-corrected chi connectivity index (χ1v) is 11.1. The fraction of sp³-hybridized carbons (Fsp3) is 0.259. The molecule has 0 bridgehead atoms. The number of hydrogen-bond acceptors (Lipinski definition) is 6. The van der Waals surface area contributed by atoms with Crippen molar-refractivity contribution in [2.24, 2.45) is 0 Å². The number of hydrogen-bond donors (Lipinski definition) is 0. The van der Waals surface area contributed by atoms with Crippen LogP contribution in [0.2, 0.25) is 0 Å². The lowest BCUT2D eigenvalue weighted by atomic mass is 10.0. The van der Waals surface area contributed by atoms with Crippen molar-refractivity contribution in [1.29, 1.82) is 0 Å². The molecule has 7 nitrogen and oxygen atoms in total. The molecule has 0 saturated heterocycles. The lowest BCUT2D eigenvalue weighted by Crippen LogP contribution is -2.49. The Balaban J connectivity index is 1.50. The molecule has 3 atom stereocenters. The van der Waals surface area contributed by atoms with Crippen LogP contribution in [-0.4, -0.2) is 29.8 Å². The minimum absolute atomic E-state index is 0.173. The van der Waals surface area contributed by atoms with Gasteiger partial charge in [-0.15, -0.1) is 0 Å². The number of nitrogens with zero attached hydrogens (tertiary/aromatic N) is 1. The third-order valence-corrected chi connectivity index (χ3v) is 5.48. The van der Waals surface area contributed by atoms with Crippen LogP contribution in [-0.2, 0) is 38.8 Å². The topological polar surface area (TPSA) is 80.1 Å². The second-order valence-corrected chi connectivity index (χ2v) is 7.95. The third kappa shape index (κ3) is 6.51. The van der Waals surface area contributed by atoms with Crippen molar-refractivity contribution >= 4 is 0 Å². The molecule has 0 amide bonds. The van der Waals surface area contributed by atoms with Crippen molar-refractivity contribution in [2.75, 3.05) is 6.61 Å². The van der Waals surface area contributed by atoms with Gasteiger partial charge in [-0.1, -0.05) is 91.0 Å². The lowest BCUT2D eigenvalue weighted by molar-refractivity contribution is -0.447. The number of ether oxygens (including phenoxy) is 4. The predicted octanol–water partition coefficient (Wildman–Crippen LogP) is 4.89. The summed E-state index contributed by atoms with van der Waals surface area (Å²) in [6.07, 6.45) is -1.06. The Kier molecular flexibility index (Phi) is 8.40. The molecule has 0 radical (unpaired) electrons. The minimum Gasteiger partial charge on any atom is -0.486 e. The van der Waals surface area contributed by atoms with Gasteiger partial charge in [-0.05, 0) is 16.7 Å². The van der Waals surface area contributed by atoms with Gasteiger partial charge in [-0.2, -0.15) is 0 Å². The van der Waals surface area contributed by atoms with Crippen molar-refractivity contribution in [3.63, 3.8) is 0 Å². The Labute approximate surface area is 198 Å². The second kappa shape index (κ2) is 12.1. The van der Waals surface area contributed by atoms with Crippen LogP contribution in [0.15, 0.2) is 103 Å². The van der Waals surface area contributed by atoms with Crippen LogP contribution >= 0.6 is 0 Å². The Morgan fingerprint density at radius 2 is 1.24 bits per heavy atom. The summed E-state index contributed by atoms with van der Waals surface area (Å²) in [6.45, 7) is 1.06. The highest BCUT2D eigenvalue weighted by atomic mass is 16.6. The van der Waals surface area contributed by atoms with Crippen molar-refractivity contribution in [3.8, 4) is 0 Å². The van der Waals surface area contributed by atoms with Crippen molar-refractivity contribution in [2.45, 2.75) is 38.1 Å². The van der Waals surface area contributed by atoms with Crippen LogP contribution in [0.25, 0.3) is 0 Å². The second-order valence-electron chi connectivity index (χ2n) is 7.95. The molecule has 0 fully saturated rings. The molecule has 4 rings (SSSR count). The molecule has 34 heavy (non-hydrogen) atoms. The molecule has 1 aliphatic rings. The largest absolute Gasteiger partial charge is 0.486 e. The van der Waals surface area contributed by atoms with E-state index in [9.17, 15) is 10.1 Å². The number of rotatable bonds is 11. The highest BCUT2D eigenvalue weighted by Gasteiger charge is 2.44. The van der Waals surface area contributed by atoms with Gasteiger partial charge in [-0.3, -0.25) is 10.1 Å². The summed E-state index contributed by atoms with van der Waals surface area (Å²) in [5.74, 6) is 0. The van der Waals surface area contributed by atoms with E-state index in [0.717, 1.165) is 23.0 Å². The Morgan fingerprint density at radius 3 is 1.76 bits per heavy atom. The molecule has 3 aromatic carbocycles. The summed E-state index contributed by atoms with van der Waals surface area (Å²) in [7, 11) is 0. The van der Waals surface area contributed by atoms with E-state index < -0.39 is 23.2 Å². The Hall–Kier alpha value is -3.52. The Bertz CT molecular complexity index is 1060. The van der Waals surface area contributed by atoms with E-state index in [1.54, 1.807) is 0 Å². The first-order chi connectivity index (χ1) is 16.7. The molecule has 3 aromatic rings. The average molecular weight is 462 g/mol. The molecule has 1 heterocycles. The highest BCUT2D eigenvalue weighted by Crippen LogP contribution is 2.27. The molecular formula is C27H27NO6. The van der Waals surface area contributed by atoms with Crippen molar-refractivity contribution in [1.82, 2.24) is 0 Å². The van der Waals surface area contributed by atoms with Crippen LogP contribution in [0.5, 0.6) is 0 Å². The summed E-state index contributed by atoms with van der Waals surface area (Å²) in [4.78, 5) is 11.3. The van der Waals surface area contributed by atoms with Crippen LogP contribution in [0.4, 0.5) is 0 Å². The van der Waals surface area contributed by atoms with Gasteiger partial charge >= 0.3 is 5.70 Å². The van der Waals surface area contributed by atoms with E-state index in [1.165, 1.54) is 0 Å². The van der Waals surface area contributed by atoms with Crippen LogP contribution in [0.1, 0.15) is 16.7 Å². The molecule has 0 N–H and O–H groups in total. The Morgan fingerprint density at radius 1 is 0.735 bits per heavy atom. The smallest absolute Gasteiger partial charge is 0.311 e. The van der Waals surface area contributed by atoms with Crippen molar-refractivity contribution in [3.05, 3.63) is 130 Å². The van der Waals surface area contributed by atoms with Crippen LogP contribution in [0.3, 0.4) is 0 Å². The highest BCUT2D eigenvalue weighted by molar-refractivity contribution is 5.16. The maximum Gasteiger partial charge on any atom is 0.311 e. The standard InChI is InChI=1S/C27H27NO6/c29-28(30)24-19-32-25(20-31-16-21-10-4-1-5-11-21)27(34-18-23-14-8-3-9-15-23)26(24)33-17-22-12-6-2-7-13-22/h1-15,19,25-27H,16-18,20H2/t25-,26-,27-/m1/s1. The SMILES string of the molecule is O=[N+]([O-])C1=CO[C@H](COCc2ccccc2)[C@@H](OCc2ccccc2)[C@@H]1OCc1ccccc1. The molecule has 176 valence electrons. The number of benzene rings is 3. The van der Waals surface area contributed by atoms with Gasteiger partial charge in [0.05, 0.1) is 31.4 Å². The summed E-state index contributed by atoms with van der Waals surface area (Å²) in [6, 6.07) is 29.0. The van der Waals surface area contributed by atoms with Crippen LogP contribution in [0, 0.1) is 10.1 Å². The molecule has 7 heteroatoms. The van der Waals surface area contributed by atoms with Crippen LogP contribution < -0.4 is 0 Å². The fourth-order valence-corrected chi connectivity index (χ4v) is 3.71. The van der Waals surface area contributed by atoms with Crippen molar-refractivity contribution < 1.29 is 23.9 Å². The van der Waals surface area contributed by atoms with Gasteiger partial charge in [-0.25, -0.2) is 0 Å². The maximum atomic E-state index is 11.8. The van der Waals surface area contributed by atoms with Gasteiger partial charge in [0.15, 0.2) is 18.5 Å². The molecule has 0 spiro atoms. The van der Waals surface area contributed by atoms with Gasteiger partial charge in [0.2, 0.25) is 0 Å². The first kappa shape index (κ1) is 23.6. The van der Waals surface area contributed by atoms with E-state index in [0.29, 0.717) is 6.61 Å². The van der Waals surface area contributed by atoms with E-state index in [-0.39, 0.29) is 25.5 Å². The molecule has 1 aliphatic heterocycles. The molecule has 0 aliphatic carbocycles. The molecule has 0 saturated carbocycles. The van der Waals surface area contributed by atoms with Gasteiger partial charge < -0.3 is 18.9 Å². The monoisotopic (exact) mass is 461 g/mol. The fourth-order valence-electron chi connectivity index (χ4n) is 3.71. The zero-order valence-electron chi connectivity index (χ0n) is 18.7. The summed E-state index contributed by atoms with van der Waals surface area (Å²) < 4.78 is 23.9. The van der Waals surface area contributed by atoms with E-state index in [2.05, 4.69) is 0 Å². The van der Waals surface area contributed by atoms with Gasteiger partial charge in [0.1, 0.15) is 6.10 Å². The average Bonchev–Trinajstić information content (AvgIpc) is 2.88. The quantitative estimate of drug-likeness (QED) is 0.299. The van der Waals surface area contributed by atoms with E-state index >= 15 is 0 Å². The maximum absolute atomic E-state index is 11.8.